The molecule has 0 aliphatic carbocycles. The van der Waals surface area contributed by atoms with Crippen molar-refractivity contribution in [2.24, 2.45) is 11.8 Å². The van der Waals surface area contributed by atoms with E-state index < -0.39 is 23.2 Å². The number of rotatable bonds is 16. The van der Waals surface area contributed by atoms with Crippen LogP contribution in [0.5, 0.6) is 0 Å². The van der Waals surface area contributed by atoms with Gasteiger partial charge in [0.05, 0.1) is 6.61 Å². The molecule has 0 spiro atoms. The zero-order valence-electron chi connectivity index (χ0n) is 20.3. The van der Waals surface area contributed by atoms with Gasteiger partial charge in [0.1, 0.15) is 5.83 Å². The van der Waals surface area contributed by atoms with Crippen molar-refractivity contribution in [1.82, 2.24) is 0 Å². The quantitative estimate of drug-likeness (QED) is 0.127. The number of hydrogen-bond acceptors (Lipinski definition) is 1. The maximum atomic E-state index is 14.6. The maximum absolute atomic E-state index is 14.6. The summed E-state index contributed by atoms with van der Waals surface area (Å²) in [5.74, 6) is -2.96. The van der Waals surface area contributed by atoms with Gasteiger partial charge in [-0.15, -0.1) is 6.58 Å². The Balaban J connectivity index is 5.15. The third-order valence-corrected chi connectivity index (χ3v) is 5.13. The summed E-state index contributed by atoms with van der Waals surface area (Å²) in [4.78, 5) is 0. The molecule has 0 bridgehead atoms. The molecule has 0 amide bonds. The van der Waals surface area contributed by atoms with E-state index in [1.54, 1.807) is 0 Å². The first-order valence-electron chi connectivity index (χ1n) is 10.9. The van der Waals surface area contributed by atoms with E-state index in [9.17, 15) is 13.2 Å². The van der Waals surface area contributed by atoms with Crippen molar-refractivity contribution in [3.8, 4) is 0 Å². The molecule has 2 atom stereocenters. The average Bonchev–Trinajstić information content (AvgIpc) is 2.81. The summed E-state index contributed by atoms with van der Waals surface area (Å²) < 4.78 is 48.1. The minimum atomic E-state index is -1.24. The molecule has 1 nitrogen and oxygen atoms in total. The van der Waals surface area contributed by atoms with Crippen LogP contribution < -0.4 is 0 Å². The molecule has 0 aliphatic rings. The van der Waals surface area contributed by atoms with Crippen LogP contribution in [0.25, 0.3) is 0 Å². The zero-order chi connectivity index (χ0) is 25.7. The Morgan fingerprint density at radius 2 is 1.39 bits per heavy atom. The number of halogens is 3. The van der Waals surface area contributed by atoms with E-state index in [0.717, 1.165) is 12.8 Å². The van der Waals surface area contributed by atoms with Crippen LogP contribution in [0.1, 0.15) is 40.0 Å². The summed E-state index contributed by atoms with van der Waals surface area (Å²) >= 11 is 0. The van der Waals surface area contributed by atoms with E-state index >= 15 is 0 Å². The lowest BCUT2D eigenvalue weighted by molar-refractivity contribution is 0.208. The molecule has 0 aromatic heterocycles. The number of ether oxygens (including phenoxy) is 1. The van der Waals surface area contributed by atoms with Gasteiger partial charge in [-0.2, -0.15) is 4.39 Å². The van der Waals surface area contributed by atoms with Crippen LogP contribution in [0.4, 0.5) is 13.2 Å². The highest BCUT2D eigenvalue weighted by Gasteiger charge is 2.16. The fourth-order valence-corrected chi connectivity index (χ4v) is 2.45. The monoisotopic (exact) mass is 458 g/mol. The van der Waals surface area contributed by atoms with Gasteiger partial charge >= 0.3 is 0 Å². The Morgan fingerprint density at radius 1 is 0.848 bits per heavy atom. The predicted octanol–water partition coefficient (Wildman–Crippen LogP) is 9.51. The van der Waals surface area contributed by atoms with E-state index in [1.165, 1.54) is 18.2 Å². The van der Waals surface area contributed by atoms with Crippen LogP contribution in [0.3, 0.4) is 0 Å². The summed E-state index contributed by atoms with van der Waals surface area (Å²) in [6.07, 6.45) is 8.43. The summed E-state index contributed by atoms with van der Waals surface area (Å²) in [5.41, 5.74) is 0.752. The molecule has 0 fully saturated rings. The van der Waals surface area contributed by atoms with Crippen LogP contribution in [0.2, 0.25) is 0 Å². The Kier molecular flexibility index (Phi) is 13.6. The Morgan fingerprint density at radius 3 is 1.91 bits per heavy atom. The van der Waals surface area contributed by atoms with Crippen LogP contribution in [0, 0.1) is 11.8 Å². The summed E-state index contributed by atoms with van der Waals surface area (Å²) in [6.45, 7) is 31.9. The standard InChI is InChI=1S/C29H37F3O/c1-11-17-33-26(10)29(32)28(31)25(9)22(6)16-15-21(5)24(8)27(30)18-23(7)20(4)14-13-19(3)12-2/h12,15-16,18-20H,2,5-11,13-14,17H2,1,3-4H3/b16-15-,27-18+,29-28-. The first-order valence-corrected chi connectivity index (χ1v) is 10.9. The van der Waals surface area contributed by atoms with Crippen molar-refractivity contribution in [2.75, 3.05) is 6.61 Å². The number of allylic oxidation sites excluding steroid dienone is 12. The van der Waals surface area contributed by atoms with Gasteiger partial charge in [0.15, 0.2) is 11.6 Å². The summed E-state index contributed by atoms with van der Waals surface area (Å²) in [6, 6.07) is 0. The second-order valence-electron chi connectivity index (χ2n) is 8.00. The molecule has 0 aromatic carbocycles. The Hall–Kier alpha value is -3.01. The summed E-state index contributed by atoms with van der Waals surface area (Å²) in [7, 11) is 0. The molecule has 0 rings (SSSR count). The van der Waals surface area contributed by atoms with Crippen molar-refractivity contribution in [3.05, 3.63) is 121 Å². The predicted molar refractivity (Wildman–Crippen MR) is 136 cm³/mol. The first kappa shape index (κ1) is 30.0. The Labute approximate surface area is 198 Å². The van der Waals surface area contributed by atoms with E-state index in [-0.39, 0.29) is 34.8 Å². The van der Waals surface area contributed by atoms with Gasteiger partial charge in [-0.1, -0.05) is 78.5 Å². The molecule has 2 unspecified atom stereocenters. The van der Waals surface area contributed by atoms with Crippen molar-refractivity contribution in [1.29, 1.82) is 0 Å². The summed E-state index contributed by atoms with van der Waals surface area (Å²) in [5, 5.41) is 0. The van der Waals surface area contributed by atoms with Crippen LogP contribution in [0.15, 0.2) is 121 Å². The number of hydrogen-bond donors (Lipinski definition) is 0. The average molecular weight is 459 g/mol. The fourth-order valence-electron chi connectivity index (χ4n) is 2.45. The third kappa shape index (κ3) is 10.4. The van der Waals surface area contributed by atoms with E-state index in [4.69, 9.17) is 4.74 Å². The molecule has 0 aromatic rings. The SMILES string of the molecule is C=CC(C)CCC(C)C(=C)/C=C(/F)C(=C)C(=C)/C=C\C(=C)C(=C)/C(F)=C(/F)C(=C)OCCC. The highest BCUT2D eigenvalue weighted by atomic mass is 19.2. The van der Waals surface area contributed by atoms with Crippen molar-refractivity contribution in [2.45, 2.75) is 40.0 Å². The second-order valence-corrected chi connectivity index (χ2v) is 8.00. The maximum Gasteiger partial charge on any atom is 0.200 e. The first-order chi connectivity index (χ1) is 15.4. The van der Waals surface area contributed by atoms with E-state index in [2.05, 4.69) is 53.0 Å². The lowest BCUT2D eigenvalue weighted by Gasteiger charge is -2.14. The molecule has 33 heavy (non-hydrogen) atoms. The molecule has 0 heterocycles. The molecule has 0 saturated heterocycles. The lowest BCUT2D eigenvalue weighted by atomic mass is 9.92. The Bertz CT molecular complexity index is 896. The largest absolute Gasteiger partial charge is 0.491 e. The van der Waals surface area contributed by atoms with Crippen molar-refractivity contribution >= 4 is 0 Å². The third-order valence-electron chi connectivity index (χ3n) is 5.13. The molecular formula is C29H37F3O. The zero-order valence-corrected chi connectivity index (χ0v) is 20.3. The van der Waals surface area contributed by atoms with Crippen molar-refractivity contribution in [3.63, 3.8) is 0 Å². The van der Waals surface area contributed by atoms with Gasteiger partial charge in [0.2, 0.25) is 5.83 Å². The van der Waals surface area contributed by atoms with Crippen LogP contribution >= 0.6 is 0 Å². The fraction of sp³-hybridized carbons (Fsp3) is 0.310. The normalized spacial score (nSPS) is 14.2. The van der Waals surface area contributed by atoms with Gasteiger partial charge in [0.25, 0.3) is 0 Å². The van der Waals surface area contributed by atoms with Crippen molar-refractivity contribution < 1.29 is 17.9 Å². The van der Waals surface area contributed by atoms with E-state index in [0.29, 0.717) is 17.9 Å². The van der Waals surface area contributed by atoms with E-state index in [1.807, 2.05) is 19.9 Å². The topological polar surface area (TPSA) is 9.23 Å². The highest BCUT2D eigenvalue weighted by molar-refractivity contribution is 5.53. The minimum Gasteiger partial charge on any atom is -0.491 e. The molecule has 0 aliphatic heterocycles. The lowest BCUT2D eigenvalue weighted by Crippen LogP contribution is -2.00. The van der Waals surface area contributed by atoms with Gasteiger partial charge in [-0.25, -0.2) is 8.78 Å². The minimum absolute atomic E-state index is 0.0565. The molecule has 0 N–H and O–H groups in total. The second kappa shape index (κ2) is 14.9. The van der Waals surface area contributed by atoms with Gasteiger partial charge in [-0.05, 0) is 53.9 Å². The molecule has 4 heteroatoms. The van der Waals surface area contributed by atoms with Gasteiger partial charge < -0.3 is 4.74 Å². The van der Waals surface area contributed by atoms with Crippen LogP contribution in [-0.4, -0.2) is 6.61 Å². The smallest absolute Gasteiger partial charge is 0.200 e. The van der Waals surface area contributed by atoms with Gasteiger partial charge in [-0.3, -0.25) is 0 Å². The molecule has 0 saturated carbocycles. The molecular weight excluding hydrogens is 421 g/mol. The molecule has 0 radical (unpaired) electrons. The van der Waals surface area contributed by atoms with Crippen LogP contribution in [-0.2, 0) is 4.74 Å². The highest BCUT2D eigenvalue weighted by Crippen LogP contribution is 2.28. The van der Waals surface area contributed by atoms with Gasteiger partial charge in [0, 0.05) is 11.1 Å². The molecule has 180 valence electrons.